The van der Waals surface area contributed by atoms with Crippen LogP contribution in [-0.4, -0.2) is 29.1 Å². The van der Waals surface area contributed by atoms with E-state index in [0.29, 0.717) is 24.4 Å². The zero-order valence-electron chi connectivity index (χ0n) is 11.9. The number of aryl methyl sites for hydroxylation is 1. The van der Waals surface area contributed by atoms with Crippen molar-refractivity contribution in [3.63, 3.8) is 0 Å². The Kier molecular flexibility index (Phi) is 5.38. The molecule has 1 aromatic heterocycles. The summed E-state index contributed by atoms with van der Waals surface area (Å²) in [6, 6.07) is 5.22. The third kappa shape index (κ3) is 2.96. The van der Waals surface area contributed by atoms with Crippen molar-refractivity contribution in [2.75, 3.05) is 19.6 Å². The van der Waals surface area contributed by atoms with Crippen molar-refractivity contribution in [2.24, 2.45) is 0 Å². The van der Waals surface area contributed by atoms with E-state index in [1.54, 1.807) is 13.2 Å². The summed E-state index contributed by atoms with van der Waals surface area (Å²) < 4.78 is 21.3. The Labute approximate surface area is 123 Å². The number of hydrogen-bond acceptors (Lipinski definition) is 2. The molecule has 3 nitrogen and oxygen atoms in total. The average molecular weight is 299 g/mol. The SMILES string of the molecule is CCCC(COC)n1c(CCCl)nc2c(F)cccc21. The molecule has 20 heavy (non-hydrogen) atoms. The van der Waals surface area contributed by atoms with Crippen LogP contribution < -0.4 is 0 Å². The molecule has 1 unspecified atom stereocenters. The third-order valence-corrected chi connectivity index (χ3v) is 3.60. The maximum atomic E-state index is 13.9. The van der Waals surface area contributed by atoms with Crippen LogP contribution in [0.2, 0.25) is 0 Å². The zero-order valence-corrected chi connectivity index (χ0v) is 12.7. The zero-order chi connectivity index (χ0) is 14.5. The largest absolute Gasteiger partial charge is 0.383 e. The van der Waals surface area contributed by atoms with Gasteiger partial charge in [0.25, 0.3) is 0 Å². The molecule has 5 heteroatoms. The number of alkyl halides is 1. The number of benzene rings is 1. The minimum Gasteiger partial charge on any atom is -0.383 e. The van der Waals surface area contributed by atoms with E-state index in [0.717, 1.165) is 24.2 Å². The summed E-state index contributed by atoms with van der Waals surface area (Å²) in [5.74, 6) is 1.01. The lowest BCUT2D eigenvalue weighted by Crippen LogP contribution is -2.17. The molecule has 1 heterocycles. The highest BCUT2D eigenvalue weighted by molar-refractivity contribution is 6.17. The minimum absolute atomic E-state index is 0.162. The molecule has 110 valence electrons. The molecule has 2 rings (SSSR count). The van der Waals surface area contributed by atoms with Gasteiger partial charge in [-0.15, -0.1) is 11.6 Å². The predicted molar refractivity (Wildman–Crippen MR) is 79.9 cm³/mol. The van der Waals surface area contributed by atoms with Gasteiger partial charge < -0.3 is 9.30 Å². The minimum atomic E-state index is -0.287. The van der Waals surface area contributed by atoms with Gasteiger partial charge in [0.15, 0.2) is 5.82 Å². The van der Waals surface area contributed by atoms with E-state index in [9.17, 15) is 4.39 Å². The lowest BCUT2D eigenvalue weighted by atomic mass is 10.1. The summed E-state index contributed by atoms with van der Waals surface area (Å²) in [6.07, 6.45) is 2.62. The Bertz CT molecular complexity index is 564. The van der Waals surface area contributed by atoms with Gasteiger partial charge >= 0.3 is 0 Å². The van der Waals surface area contributed by atoms with Gasteiger partial charge in [0.2, 0.25) is 0 Å². The molecule has 0 spiro atoms. The van der Waals surface area contributed by atoms with E-state index in [2.05, 4.69) is 16.5 Å². The molecule has 0 aliphatic heterocycles. The highest BCUT2D eigenvalue weighted by Gasteiger charge is 2.19. The maximum Gasteiger partial charge on any atom is 0.151 e. The summed E-state index contributed by atoms with van der Waals surface area (Å²) in [6.45, 7) is 2.72. The number of nitrogens with zero attached hydrogens (tertiary/aromatic N) is 2. The first-order chi connectivity index (χ1) is 9.72. The number of aromatic nitrogens is 2. The first-order valence-electron chi connectivity index (χ1n) is 6.93. The van der Waals surface area contributed by atoms with Gasteiger partial charge in [0.05, 0.1) is 18.2 Å². The van der Waals surface area contributed by atoms with Gasteiger partial charge in [-0.2, -0.15) is 0 Å². The van der Waals surface area contributed by atoms with Crippen molar-refractivity contribution >= 4 is 22.6 Å². The fourth-order valence-corrected chi connectivity index (χ4v) is 2.78. The smallest absolute Gasteiger partial charge is 0.151 e. The van der Waals surface area contributed by atoms with E-state index in [1.807, 2.05) is 6.07 Å². The van der Waals surface area contributed by atoms with Crippen molar-refractivity contribution in [3.05, 3.63) is 29.8 Å². The van der Waals surface area contributed by atoms with Crippen LogP contribution in [0.3, 0.4) is 0 Å². The highest BCUT2D eigenvalue weighted by Crippen LogP contribution is 2.26. The van der Waals surface area contributed by atoms with Crippen LogP contribution in [0.5, 0.6) is 0 Å². The summed E-state index contributed by atoms with van der Waals surface area (Å²) in [4.78, 5) is 4.44. The van der Waals surface area contributed by atoms with E-state index >= 15 is 0 Å². The molecule has 2 aromatic rings. The van der Waals surface area contributed by atoms with Crippen molar-refractivity contribution < 1.29 is 9.13 Å². The predicted octanol–water partition coefficient (Wildman–Crippen LogP) is 3.94. The normalized spacial score (nSPS) is 13.0. The van der Waals surface area contributed by atoms with Gasteiger partial charge in [-0.1, -0.05) is 19.4 Å². The molecule has 0 saturated carbocycles. The summed E-state index contributed by atoms with van der Waals surface area (Å²) in [5, 5.41) is 0. The number of hydrogen-bond donors (Lipinski definition) is 0. The second kappa shape index (κ2) is 7.04. The quantitative estimate of drug-likeness (QED) is 0.724. The summed E-state index contributed by atoms with van der Waals surface area (Å²) >= 11 is 5.86. The Morgan fingerprint density at radius 3 is 2.90 bits per heavy atom. The topological polar surface area (TPSA) is 27.1 Å². The fourth-order valence-electron chi connectivity index (χ4n) is 2.61. The van der Waals surface area contributed by atoms with Crippen LogP contribution in [0.1, 0.15) is 31.6 Å². The lowest BCUT2D eigenvalue weighted by Gasteiger charge is -2.20. The van der Waals surface area contributed by atoms with Crippen LogP contribution in [0, 0.1) is 5.82 Å². The number of halogens is 2. The molecule has 0 saturated heterocycles. The standard InChI is InChI=1S/C15H20ClFN2O/c1-3-5-11(10-20-2)19-13-7-4-6-12(17)15(13)18-14(19)8-9-16/h4,6-7,11H,3,5,8-10H2,1-2H3. The van der Waals surface area contributed by atoms with Gasteiger partial charge in [-0.3, -0.25) is 0 Å². The highest BCUT2D eigenvalue weighted by atomic mass is 35.5. The van der Waals surface area contributed by atoms with Crippen LogP contribution in [0.25, 0.3) is 11.0 Å². The molecule has 0 amide bonds. The van der Waals surface area contributed by atoms with Crippen molar-refractivity contribution in [3.8, 4) is 0 Å². The van der Waals surface area contributed by atoms with Gasteiger partial charge in [-0.25, -0.2) is 9.37 Å². The van der Waals surface area contributed by atoms with E-state index in [-0.39, 0.29) is 11.9 Å². The summed E-state index contributed by atoms with van der Waals surface area (Å²) in [7, 11) is 1.68. The third-order valence-electron chi connectivity index (χ3n) is 3.41. The molecular formula is C15H20ClFN2O. The van der Waals surface area contributed by atoms with Gasteiger partial charge in [0, 0.05) is 19.4 Å². The van der Waals surface area contributed by atoms with Crippen LogP contribution in [-0.2, 0) is 11.2 Å². The molecule has 0 aliphatic rings. The van der Waals surface area contributed by atoms with E-state index in [1.165, 1.54) is 6.07 Å². The Hall–Kier alpha value is -1.13. The number of ether oxygens (including phenoxy) is 1. The second-order valence-corrected chi connectivity index (χ2v) is 5.22. The Morgan fingerprint density at radius 2 is 2.25 bits per heavy atom. The number of methoxy groups -OCH3 is 1. The first-order valence-corrected chi connectivity index (χ1v) is 7.46. The number of fused-ring (bicyclic) bond motifs is 1. The number of rotatable bonds is 7. The first kappa shape index (κ1) is 15.3. The molecule has 1 atom stereocenters. The molecule has 0 fully saturated rings. The molecule has 0 aliphatic carbocycles. The average Bonchev–Trinajstić information content (AvgIpc) is 2.79. The van der Waals surface area contributed by atoms with E-state index in [4.69, 9.17) is 16.3 Å². The molecule has 0 bridgehead atoms. The number of imidazole rings is 1. The monoisotopic (exact) mass is 298 g/mol. The molecule has 0 N–H and O–H groups in total. The van der Waals surface area contributed by atoms with Crippen LogP contribution in [0.4, 0.5) is 4.39 Å². The Morgan fingerprint density at radius 1 is 1.45 bits per heavy atom. The fraction of sp³-hybridized carbons (Fsp3) is 0.533. The van der Waals surface area contributed by atoms with Crippen molar-refractivity contribution in [2.45, 2.75) is 32.2 Å². The van der Waals surface area contributed by atoms with E-state index < -0.39 is 0 Å². The number of para-hydroxylation sites is 1. The molecule has 0 radical (unpaired) electrons. The lowest BCUT2D eigenvalue weighted by molar-refractivity contribution is 0.151. The van der Waals surface area contributed by atoms with Crippen LogP contribution >= 0.6 is 11.6 Å². The molecular weight excluding hydrogens is 279 g/mol. The molecule has 1 aromatic carbocycles. The van der Waals surface area contributed by atoms with Crippen LogP contribution in [0.15, 0.2) is 18.2 Å². The van der Waals surface area contributed by atoms with Crippen molar-refractivity contribution in [1.29, 1.82) is 0 Å². The maximum absolute atomic E-state index is 13.9. The van der Waals surface area contributed by atoms with Gasteiger partial charge in [-0.05, 0) is 18.6 Å². The Balaban J connectivity index is 2.57. The van der Waals surface area contributed by atoms with Gasteiger partial charge in [0.1, 0.15) is 11.3 Å². The summed E-state index contributed by atoms with van der Waals surface area (Å²) in [5.41, 5.74) is 1.24. The second-order valence-electron chi connectivity index (χ2n) is 4.84. The van der Waals surface area contributed by atoms with Crippen molar-refractivity contribution in [1.82, 2.24) is 9.55 Å².